The van der Waals surface area contributed by atoms with Crippen LogP contribution >= 0.6 is 27.5 Å². The molecule has 0 saturated carbocycles. The molecular formula is C12H13BrClNO4. The third kappa shape index (κ3) is 4.19. The van der Waals surface area contributed by atoms with E-state index in [1.54, 1.807) is 13.0 Å². The fourth-order valence-corrected chi connectivity index (χ4v) is 1.95. The number of nitrogens with zero attached hydrogens (tertiary/aromatic N) is 1. The first kappa shape index (κ1) is 15.9. The molecular weight excluding hydrogens is 337 g/mol. The van der Waals surface area contributed by atoms with E-state index in [-0.39, 0.29) is 18.0 Å². The average molecular weight is 351 g/mol. The standard InChI is InChI=1S/C12H13BrClNO4/c1-7(5-14)6-19-12-10(8(2)16)3-9(13)4-11(12)15(17)18/h3-5,8,16H,6H2,1-2H3/b7-5+/t8-/m0/s1. The highest BCUT2D eigenvalue weighted by molar-refractivity contribution is 9.10. The summed E-state index contributed by atoms with van der Waals surface area (Å²) in [5, 5.41) is 20.7. The second kappa shape index (κ2) is 6.88. The van der Waals surface area contributed by atoms with Crippen LogP contribution in [0.15, 0.2) is 27.7 Å². The quantitative estimate of drug-likeness (QED) is 0.645. The minimum absolute atomic E-state index is 0.0565. The van der Waals surface area contributed by atoms with Crippen molar-refractivity contribution in [2.24, 2.45) is 0 Å². The lowest BCUT2D eigenvalue weighted by atomic mass is 10.1. The van der Waals surface area contributed by atoms with Crippen LogP contribution in [0.4, 0.5) is 5.69 Å². The Morgan fingerprint density at radius 1 is 1.68 bits per heavy atom. The minimum atomic E-state index is -0.883. The van der Waals surface area contributed by atoms with E-state index in [4.69, 9.17) is 16.3 Å². The molecule has 0 aliphatic rings. The molecule has 1 aromatic rings. The summed E-state index contributed by atoms with van der Waals surface area (Å²) in [4.78, 5) is 10.5. The SMILES string of the molecule is C/C(=C\Cl)COc1c([C@H](C)O)cc(Br)cc1[N+](=O)[O-]. The zero-order valence-corrected chi connectivity index (χ0v) is 12.7. The van der Waals surface area contributed by atoms with E-state index in [1.165, 1.54) is 18.5 Å². The van der Waals surface area contributed by atoms with Gasteiger partial charge in [-0.15, -0.1) is 0 Å². The number of nitro benzene ring substituents is 1. The molecule has 104 valence electrons. The van der Waals surface area contributed by atoms with Gasteiger partial charge in [-0.05, 0) is 25.5 Å². The molecule has 0 radical (unpaired) electrons. The van der Waals surface area contributed by atoms with Crippen LogP contribution in [0.1, 0.15) is 25.5 Å². The topological polar surface area (TPSA) is 72.6 Å². The first-order valence-electron chi connectivity index (χ1n) is 5.41. The molecule has 1 N–H and O–H groups in total. The van der Waals surface area contributed by atoms with E-state index >= 15 is 0 Å². The molecule has 7 heteroatoms. The molecule has 0 spiro atoms. The number of benzene rings is 1. The van der Waals surface area contributed by atoms with Crippen LogP contribution in [0.2, 0.25) is 0 Å². The molecule has 0 unspecified atom stereocenters. The molecule has 0 fully saturated rings. The van der Waals surface area contributed by atoms with Crippen LogP contribution in [0, 0.1) is 10.1 Å². The van der Waals surface area contributed by atoms with Crippen molar-refractivity contribution in [3.05, 3.63) is 43.4 Å². The van der Waals surface area contributed by atoms with Crippen LogP contribution in [0.25, 0.3) is 0 Å². The third-order valence-electron chi connectivity index (χ3n) is 2.34. The summed E-state index contributed by atoms with van der Waals surface area (Å²) < 4.78 is 5.93. The van der Waals surface area contributed by atoms with Gasteiger partial charge in [0.15, 0.2) is 0 Å². The van der Waals surface area contributed by atoms with Crippen molar-refractivity contribution in [1.82, 2.24) is 0 Å². The van der Waals surface area contributed by atoms with E-state index in [1.807, 2.05) is 0 Å². The van der Waals surface area contributed by atoms with Gasteiger partial charge >= 0.3 is 5.69 Å². The molecule has 19 heavy (non-hydrogen) atoms. The van der Waals surface area contributed by atoms with Crippen LogP contribution in [0.5, 0.6) is 5.75 Å². The Morgan fingerprint density at radius 3 is 2.79 bits per heavy atom. The Kier molecular flexibility index (Phi) is 5.78. The molecule has 1 aromatic carbocycles. The highest BCUT2D eigenvalue weighted by Crippen LogP contribution is 2.38. The average Bonchev–Trinajstić information content (AvgIpc) is 2.35. The van der Waals surface area contributed by atoms with Crippen LogP contribution in [-0.4, -0.2) is 16.6 Å². The number of hydrogen-bond donors (Lipinski definition) is 1. The maximum absolute atomic E-state index is 11.0. The monoisotopic (exact) mass is 349 g/mol. The molecule has 0 heterocycles. The Labute approximate surface area is 124 Å². The first-order valence-corrected chi connectivity index (χ1v) is 6.64. The number of rotatable bonds is 5. The van der Waals surface area contributed by atoms with Crippen LogP contribution in [0.3, 0.4) is 0 Å². The first-order chi connectivity index (χ1) is 8.86. The number of aliphatic hydroxyl groups excluding tert-OH is 1. The van der Waals surface area contributed by atoms with Crippen LogP contribution < -0.4 is 4.74 Å². The Morgan fingerprint density at radius 2 is 2.32 bits per heavy atom. The van der Waals surface area contributed by atoms with E-state index in [0.29, 0.717) is 10.0 Å². The molecule has 0 aromatic heterocycles. The normalized spacial score (nSPS) is 13.2. The lowest BCUT2D eigenvalue weighted by Crippen LogP contribution is -2.06. The summed E-state index contributed by atoms with van der Waals surface area (Å²) in [6.07, 6.45) is -0.883. The second-order valence-electron chi connectivity index (χ2n) is 4.02. The maximum atomic E-state index is 11.0. The highest BCUT2D eigenvalue weighted by atomic mass is 79.9. The molecule has 1 rings (SSSR count). The van der Waals surface area contributed by atoms with Crippen molar-refractivity contribution in [3.8, 4) is 5.75 Å². The van der Waals surface area contributed by atoms with Gasteiger partial charge in [0, 0.05) is 21.6 Å². The largest absolute Gasteiger partial charge is 0.482 e. The molecule has 0 bridgehead atoms. The zero-order valence-electron chi connectivity index (χ0n) is 10.4. The summed E-state index contributed by atoms with van der Waals surface area (Å²) in [5.41, 5.74) is 2.21. The third-order valence-corrected chi connectivity index (χ3v) is 3.17. The minimum Gasteiger partial charge on any atom is -0.482 e. The summed E-state index contributed by atoms with van der Waals surface area (Å²) in [6.45, 7) is 3.37. The van der Waals surface area contributed by atoms with Crippen molar-refractivity contribution in [1.29, 1.82) is 0 Å². The van der Waals surface area contributed by atoms with E-state index < -0.39 is 11.0 Å². The smallest absolute Gasteiger partial charge is 0.312 e. The predicted octanol–water partition coefficient (Wildman–Crippen LogP) is 3.93. The van der Waals surface area contributed by atoms with E-state index in [9.17, 15) is 15.2 Å². The van der Waals surface area contributed by atoms with Gasteiger partial charge in [0.2, 0.25) is 5.75 Å². The van der Waals surface area contributed by atoms with Crippen molar-refractivity contribution in [3.63, 3.8) is 0 Å². The fourth-order valence-electron chi connectivity index (χ4n) is 1.42. The summed E-state index contributed by atoms with van der Waals surface area (Å²) in [7, 11) is 0. The van der Waals surface area contributed by atoms with Gasteiger partial charge in [-0.25, -0.2) is 0 Å². The van der Waals surface area contributed by atoms with E-state index in [0.717, 1.165) is 5.57 Å². The molecule has 1 atom stereocenters. The molecule has 5 nitrogen and oxygen atoms in total. The Bertz CT molecular complexity index is 517. The zero-order chi connectivity index (χ0) is 14.6. The number of ether oxygens (including phenoxy) is 1. The number of aliphatic hydroxyl groups is 1. The van der Waals surface area contributed by atoms with Gasteiger partial charge in [0.05, 0.1) is 11.0 Å². The second-order valence-corrected chi connectivity index (χ2v) is 5.15. The number of nitro groups is 1. The molecule has 0 amide bonds. The van der Waals surface area contributed by atoms with Crippen molar-refractivity contribution in [2.45, 2.75) is 20.0 Å². The van der Waals surface area contributed by atoms with Crippen molar-refractivity contribution >= 4 is 33.2 Å². The number of halogens is 2. The highest BCUT2D eigenvalue weighted by Gasteiger charge is 2.23. The summed E-state index contributed by atoms with van der Waals surface area (Å²) in [5.74, 6) is 0.0565. The van der Waals surface area contributed by atoms with Crippen LogP contribution in [-0.2, 0) is 0 Å². The number of hydrogen-bond acceptors (Lipinski definition) is 4. The Hall–Kier alpha value is -1.11. The van der Waals surface area contributed by atoms with Gasteiger partial charge in [-0.1, -0.05) is 27.5 Å². The van der Waals surface area contributed by atoms with Gasteiger partial charge in [0.25, 0.3) is 0 Å². The van der Waals surface area contributed by atoms with Gasteiger partial charge in [0.1, 0.15) is 6.61 Å². The Balaban J connectivity index is 3.27. The summed E-state index contributed by atoms with van der Waals surface area (Å²) in [6, 6.07) is 2.92. The lowest BCUT2D eigenvalue weighted by molar-refractivity contribution is -0.386. The molecule has 0 saturated heterocycles. The van der Waals surface area contributed by atoms with Crippen molar-refractivity contribution < 1.29 is 14.8 Å². The molecule has 0 aliphatic heterocycles. The van der Waals surface area contributed by atoms with Gasteiger partial charge in [-0.3, -0.25) is 10.1 Å². The maximum Gasteiger partial charge on any atom is 0.312 e. The summed E-state index contributed by atoms with van der Waals surface area (Å²) >= 11 is 8.69. The van der Waals surface area contributed by atoms with Crippen molar-refractivity contribution in [2.75, 3.05) is 6.61 Å². The molecule has 0 aliphatic carbocycles. The lowest BCUT2D eigenvalue weighted by Gasteiger charge is -2.14. The van der Waals surface area contributed by atoms with E-state index in [2.05, 4.69) is 15.9 Å². The van der Waals surface area contributed by atoms with Gasteiger partial charge in [-0.2, -0.15) is 0 Å². The predicted molar refractivity (Wildman–Crippen MR) is 76.5 cm³/mol. The van der Waals surface area contributed by atoms with Gasteiger partial charge < -0.3 is 9.84 Å². The fraction of sp³-hybridized carbons (Fsp3) is 0.333.